The van der Waals surface area contributed by atoms with Crippen molar-refractivity contribution < 1.29 is 14.5 Å². The van der Waals surface area contributed by atoms with Gasteiger partial charge in [0, 0.05) is 38.3 Å². The molecule has 2 aromatic carbocycles. The number of tetrazole rings is 1. The molecule has 3 aromatic rings. The Morgan fingerprint density at radius 1 is 1.06 bits per heavy atom. The second-order valence-electron chi connectivity index (χ2n) is 7.46. The van der Waals surface area contributed by atoms with Gasteiger partial charge in [0.2, 0.25) is 5.91 Å². The number of ether oxygens (including phenoxy) is 1. The van der Waals surface area contributed by atoms with Crippen LogP contribution in [0.2, 0.25) is 0 Å². The summed E-state index contributed by atoms with van der Waals surface area (Å²) in [6.45, 7) is 3.21. The number of rotatable bonds is 7. The molecule has 11 nitrogen and oxygen atoms in total. The Morgan fingerprint density at radius 2 is 1.75 bits per heavy atom. The van der Waals surface area contributed by atoms with Gasteiger partial charge in [-0.15, -0.1) is 5.10 Å². The predicted octanol–water partition coefficient (Wildman–Crippen LogP) is 1.47. The van der Waals surface area contributed by atoms with Crippen LogP contribution in [-0.2, 0) is 17.8 Å². The molecule has 2 heterocycles. The smallest absolute Gasteiger partial charge is 0.269 e. The Kier molecular flexibility index (Phi) is 6.36. The Morgan fingerprint density at radius 3 is 2.38 bits per heavy atom. The lowest BCUT2D eigenvalue weighted by molar-refractivity contribution is -0.384. The van der Waals surface area contributed by atoms with E-state index >= 15 is 0 Å². The maximum absolute atomic E-state index is 12.6. The van der Waals surface area contributed by atoms with Gasteiger partial charge in [-0.2, -0.15) is 4.68 Å². The van der Waals surface area contributed by atoms with Gasteiger partial charge in [0.15, 0.2) is 5.82 Å². The number of methoxy groups -OCH3 is 1. The van der Waals surface area contributed by atoms with E-state index in [4.69, 9.17) is 4.74 Å². The summed E-state index contributed by atoms with van der Waals surface area (Å²) in [5.74, 6) is 1.50. The van der Waals surface area contributed by atoms with Gasteiger partial charge in [0.25, 0.3) is 5.69 Å². The third kappa shape index (κ3) is 4.89. The van der Waals surface area contributed by atoms with Crippen molar-refractivity contribution in [2.45, 2.75) is 13.0 Å². The van der Waals surface area contributed by atoms with E-state index in [1.165, 1.54) is 12.1 Å². The van der Waals surface area contributed by atoms with Gasteiger partial charge in [-0.3, -0.25) is 19.8 Å². The number of carbonyl (C=O) groups excluding carboxylic acids is 1. The summed E-state index contributed by atoms with van der Waals surface area (Å²) >= 11 is 0. The third-order valence-corrected chi connectivity index (χ3v) is 5.44. The number of aromatic nitrogens is 4. The summed E-state index contributed by atoms with van der Waals surface area (Å²) in [6.07, 6.45) is 0.230. The quantitative estimate of drug-likeness (QED) is 0.403. The van der Waals surface area contributed by atoms with Crippen molar-refractivity contribution in [2.75, 3.05) is 33.3 Å². The zero-order valence-electron chi connectivity index (χ0n) is 17.6. The highest BCUT2D eigenvalue weighted by molar-refractivity contribution is 5.79. The second kappa shape index (κ2) is 9.52. The van der Waals surface area contributed by atoms with Crippen molar-refractivity contribution in [3.05, 3.63) is 70.0 Å². The number of carbonyl (C=O) groups is 1. The average Bonchev–Trinajstić information content (AvgIpc) is 3.28. The Labute approximate surface area is 184 Å². The highest BCUT2D eigenvalue weighted by Crippen LogP contribution is 2.17. The number of piperazine rings is 1. The summed E-state index contributed by atoms with van der Waals surface area (Å²) in [4.78, 5) is 27.0. The number of amides is 1. The number of nitro groups is 1. The van der Waals surface area contributed by atoms with E-state index in [-0.39, 0.29) is 18.0 Å². The summed E-state index contributed by atoms with van der Waals surface area (Å²) in [5, 5.41) is 22.8. The minimum Gasteiger partial charge on any atom is -0.497 e. The van der Waals surface area contributed by atoms with Gasteiger partial charge in [0.1, 0.15) is 5.75 Å². The first-order valence-electron chi connectivity index (χ1n) is 10.2. The molecule has 0 radical (unpaired) electrons. The van der Waals surface area contributed by atoms with Crippen LogP contribution < -0.4 is 4.74 Å². The average molecular weight is 437 g/mol. The summed E-state index contributed by atoms with van der Waals surface area (Å²) < 4.78 is 6.89. The molecule has 166 valence electrons. The molecule has 0 N–H and O–H groups in total. The fourth-order valence-corrected chi connectivity index (χ4v) is 3.61. The van der Waals surface area contributed by atoms with Gasteiger partial charge >= 0.3 is 0 Å². The zero-order chi connectivity index (χ0) is 22.5. The SMILES string of the molecule is COc1ccc(-n2nnnc2CN2CCN(C(=O)Cc3ccc([N+](=O)[O-])cc3)CC2)cc1. The van der Waals surface area contributed by atoms with E-state index in [0.717, 1.165) is 22.8 Å². The Hall–Kier alpha value is -3.86. The number of hydrogen-bond donors (Lipinski definition) is 0. The van der Waals surface area contributed by atoms with Crippen molar-refractivity contribution >= 4 is 11.6 Å². The van der Waals surface area contributed by atoms with Crippen molar-refractivity contribution in [1.29, 1.82) is 0 Å². The molecule has 0 saturated carbocycles. The molecule has 11 heteroatoms. The van der Waals surface area contributed by atoms with Crippen LogP contribution in [0.5, 0.6) is 5.75 Å². The first kappa shape index (κ1) is 21.4. The molecule has 1 saturated heterocycles. The van der Waals surface area contributed by atoms with Crippen LogP contribution in [0.15, 0.2) is 48.5 Å². The van der Waals surface area contributed by atoms with Gasteiger partial charge in [-0.25, -0.2) is 0 Å². The number of non-ortho nitro benzene ring substituents is 1. The zero-order valence-corrected chi connectivity index (χ0v) is 17.6. The van der Waals surface area contributed by atoms with E-state index in [9.17, 15) is 14.9 Å². The van der Waals surface area contributed by atoms with Crippen LogP contribution >= 0.6 is 0 Å². The standard InChI is InChI=1S/C21H23N7O4/c1-32-19-8-6-17(7-9-19)27-20(22-23-24-27)15-25-10-12-26(13-11-25)21(29)14-16-2-4-18(5-3-16)28(30)31/h2-9H,10-15H2,1H3. The number of hydrogen-bond acceptors (Lipinski definition) is 8. The molecule has 32 heavy (non-hydrogen) atoms. The van der Waals surface area contributed by atoms with Crippen LogP contribution in [0.3, 0.4) is 0 Å². The molecular formula is C21H23N7O4. The second-order valence-corrected chi connectivity index (χ2v) is 7.46. The lowest BCUT2D eigenvalue weighted by Gasteiger charge is -2.34. The van der Waals surface area contributed by atoms with E-state index < -0.39 is 4.92 Å². The Bertz CT molecular complexity index is 1070. The predicted molar refractivity (Wildman–Crippen MR) is 114 cm³/mol. The van der Waals surface area contributed by atoms with Crippen LogP contribution in [-0.4, -0.2) is 74.1 Å². The number of nitro benzene ring substituents is 1. The highest BCUT2D eigenvalue weighted by atomic mass is 16.6. The Balaban J connectivity index is 1.31. The fourth-order valence-electron chi connectivity index (χ4n) is 3.61. The van der Waals surface area contributed by atoms with Crippen molar-refractivity contribution in [1.82, 2.24) is 30.0 Å². The molecule has 0 unspecified atom stereocenters. The fraction of sp³-hybridized carbons (Fsp3) is 0.333. The summed E-state index contributed by atoms with van der Waals surface area (Å²) in [5.41, 5.74) is 1.64. The monoisotopic (exact) mass is 437 g/mol. The normalized spacial score (nSPS) is 14.3. The molecule has 0 atom stereocenters. The van der Waals surface area contributed by atoms with Gasteiger partial charge in [-0.05, 0) is 40.3 Å². The van der Waals surface area contributed by atoms with Crippen LogP contribution in [0.1, 0.15) is 11.4 Å². The van der Waals surface area contributed by atoms with Crippen molar-refractivity contribution in [3.63, 3.8) is 0 Å². The van der Waals surface area contributed by atoms with Gasteiger partial charge in [0.05, 0.1) is 30.7 Å². The van der Waals surface area contributed by atoms with E-state index in [1.807, 2.05) is 29.2 Å². The topological polar surface area (TPSA) is 120 Å². The van der Waals surface area contributed by atoms with Crippen molar-refractivity contribution in [3.8, 4) is 11.4 Å². The molecule has 1 aliphatic heterocycles. The first-order chi connectivity index (χ1) is 15.5. The minimum absolute atomic E-state index is 0.0153. The van der Waals surface area contributed by atoms with E-state index in [2.05, 4.69) is 20.4 Å². The third-order valence-electron chi connectivity index (χ3n) is 5.44. The highest BCUT2D eigenvalue weighted by Gasteiger charge is 2.23. The molecule has 0 bridgehead atoms. The maximum atomic E-state index is 12.6. The van der Waals surface area contributed by atoms with Crippen LogP contribution in [0, 0.1) is 10.1 Å². The van der Waals surface area contributed by atoms with Crippen LogP contribution in [0.25, 0.3) is 5.69 Å². The molecule has 1 amide bonds. The summed E-state index contributed by atoms with van der Waals surface area (Å²) in [7, 11) is 1.62. The van der Waals surface area contributed by atoms with E-state index in [0.29, 0.717) is 32.7 Å². The molecule has 4 rings (SSSR count). The number of benzene rings is 2. The molecule has 1 fully saturated rings. The molecule has 1 aliphatic rings. The molecular weight excluding hydrogens is 414 g/mol. The lowest BCUT2D eigenvalue weighted by Crippen LogP contribution is -2.48. The molecule has 0 aliphatic carbocycles. The first-order valence-corrected chi connectivity index (χ1v) is 10.2. The largest absolute Gasteiger partial charge is 0.497 e. The maximum Gasteiger partial charge on any atom is 0.269 e. The van der Waals surface area contributed by atoms with E-state index in [1.54, 1.807) is 23.9 Å². The molecule has 0 spiro atoms. The summed E-state index contributed by atoms with van der Waals surface area (Å²) in [6, 6.07) is 13.6. The van der Waals surface area contributed by atoms with Gasteiger partial charge < -0.3 is 9.64 Å². The van der Waals surface area contributed by atoms with Crippen LogP contribution in [0.4, 0.5) is 5.69 Å². The number of nitrogens with zero attached hydrogens (tertiary/aromatic N) is 7. The van der Waals surface area contributed by atoms with Gasteiger partial charge in [-0.1, -0.05) is 12.1 Å². The van der Waals surface area contributed by atoms with Crippen molar-refractivity contribution in [2.24, 2.45) is 0 Å². The molecule has 1 aromatic heterocycles. The lowest BCUT2D eigenvalue weighted by atomic mass is 10.1. The minimum atomic E-state index is -0.449.